The van der Waals surface area contributed by atoms with Crippen LogP contribution in [0.15, 0.2) is 60.7 Å². The van der Waals surface area contributed by atoms with E-state index in [1.807, 2.05) is 0 Å². The van der Waals surface area contributed by atoms with Gasteiger partial charge in [-0.25, -0.2) is 8.78 Å². The van der Waals surface area contributed by atoms with Crippen molar-refractivity contribution in [3.05, 3.63) is 83.4 Å². The number of rotatable bonds is 8. The molecule has 9 heteroatoms. The standard InChI is InChI=1S/C22H17F4NO4/c1-29-19-7-5-14(10-20(19)31-22(25)26)21(28)27-16-6-8-18(17(24)11-16)30-12-13-3-2-4-15(23)9-13/h2-11,22H,12H2,1H3,(H,27,28). The Bertz CT molecular complexity index is 1080. The number of halogens is 4. The highest BCUT2D eigenvalue weighted by atomic mass is 19.3. The van der Waals surface area contributed by atoms with Crippen molar-refractivity contribution in [1.29, 1.82) is 0 Å². The van der Waals surface area contributed by atoms with Crippen LogP contribution >= 0.6 is 0 Å². The number of hydrogen-bond donors (Lipinski definition) is 1. The molecule has 0 aliphatic rings. The molecule has 0 unspecified atom stereocenters. The Hall–Kier alpha value is -3.75. The van der Waals surface area contributed by atoms with E-state index in [2.05, 4.69) is 10.1 Å². The van der Waals surface area contributed by atoms with E-state index in [0.29, 0.717) is 5.56 Å². The summed E-state index contributed by atoms with van der Waals surface area (Å²) in [6, 6.07) is 13.2. The summed E-state index contributed by atoms with van der Waals surface area (Å²) in [4.78, 5) is 12.4. The molecule has 1 N–H and O–H groups in total. The first kappa shape index (κ1) is 21.9. The van der Waals surface area contributed by atoms with Gasteiger partial charge in [0.1, 0.15) is 12.4 Å². The molecule has 0 spiro atoms. The molecule has 0 radical (unpaired) electrons. The summed E-state index contributed by atoms with van der Waals surface area (Å²) < 4.78 is 67.2. The van der Waals surface area contributed by atoms with Gasteiger partial charge in [0.25, 0.3) is 5.91 Å². The zero-order valence-electron chi connectivity index (χ0n) is 16.2. The predicted molar refractivity (Wildman–Crippen MR) is 105 cm³/mol. The van der Waals surface area contributed by atoms with E-state index in [-0.39, 0.29) is 35.1 Å². The lowest BCUT2D eigenvalue weighted by molar-refractivity contribution is -0.0512. The SMILES string of the molecule is COc1ccc(C(=O)Nc2ccc(OCc3cccc(F)c3)c(F)c2)cc1OC(F)F. The molecule has 0 saturated heterocycles. The highest BCUT2D eigenvalue weighted by Gasteiger charge is 2.15. The van der Waals surface area contributed by atoms with Gasteiger partial charge in [-0.3, -0.25) is 4.79 Å². The molecule has 3 aromatic carbocycles. The van der Waals surface area contributed by atoms with Crippen molar-refractivity contribution in [2.75, 3.05) is 12.4 Å². The summed E-state index contributed by atoms with van der Waals surface area (Å²) >= 11 is 0. The van der Waals surface area contributed by atoms with Crippen LogP contribution in [0.4, 0.5) is 23.2 Å². The molecule has 0 aliphatic carbocycles. The second-order valence-corrected chi connectivity index (χ2v) is 6.26. The van der Waals surface area contributed by atoms with Crippen molar-refractivity contribution in [3.63, 3.8) is 0 Å². The summed E-state index contributed by atoms with van der Waals surface area (Å²) in [7, 11) is 1.27. The number of ether oxygens (including phenoxy) is 3. The summed E-state index contributed by atoms with van der Waals surface area (Å²) in [6.45, 7) is -3.14. The summed E-state index contributed by atoms with van der Waals surface area (Å²) in [5.41, 5.74) is 0.647. The molecular formula is C22H17F4NO4. The Labute approximate surface area is 175 Å². The average Bonchev–Trinajstić information content (AvgIpc) is 2.72. The number of anilines is 1. The summed E-state index contributed by atoms with van der Waals surface area (Å²) in [5, 5.41) is 2.46. The molecule has 3 rings (SSSR count). The van der Waals surface area contributed by atoms with Crippen LogP contribution in [0.25, 0.3) is 0 Å². The van der Waals surface area contributed by atoms with E-state index in [1.54, 1.807) is 6.07 Å². The fourth-order valence-electron chi connectivity index (χ4n) is 2.69. The van der Waals surface area contributed by atoms with Gasteiger partial charge in [-0.05, 0) is 48.0 Å². The van der Waals surface area contributed by atoms with Crippen molar-refractivity contribution in [3.8, 4) is 17.2 Å². The lowest BCUT2D eigenvalue weighted by atomic mass is 10.1. The zero-order chi connectivity index (χ0) is 22.4. The lowest BCUT2D eigenvalue weighted by Gasteiger charge is -2.12. The van der Waals surface area contributed by atoms with E-state index in [9.17, 15) is 22.4 Å². The third-order valence-electron chi connectivity index (χ3n) is 4.11. The van der Waals surface area contributed by atoms with E-state index in [4.69, 9.17) is 9.47 Å². The van der Waals surface area contributed by atoms with Crippen molar-refractivity contribution in [2.24, 2.45) is 0 Å². The number of amides is 1. The van der Waals surface area contributed by atoms with Crippen molar-refractivity contribution >= 4 is 11.6 Å². The Morgan fingerprint density at radius 3 is 2.42 bits per heavy atom. The van der Waals surface area contributed by atoms with Crippen LogP contribution in [0, 0.1) is 11.6 Å². The van der Waals surface area contributed by atoms with Gasteiger partial charge >= 0.3 is 6.61 Å². The minimum absolute atomic E-state index is 0.00305. The molecular weight excluding hydrogens is 418 g/mol. The van der Waals surface area contributed by atoms with Gasteiger partial charge in [0.15, 0.2) is 23.1 Å². The number of benzene rings is 3. The first-order valence-electron chi connectivity index (χ1n) is 8.96. The van der Waals surface area contributed by atoms with Crippen LogP contribution in [0.5, 0.6) is 17.2 Å². The number of nitrogens with one attached hydrogen (secondary N) is 1. The maximum atomic E-state index is 14.3. The van der Waals surface area contributed by atoms with E-state index in [0.717, 1.165) is 12.1 Å². The van der Waals surface area contributed by atoms with E-state index in [1.165, 1.54) is 49.6 Å². The molecule has 0 aromatic heterocycles. The van der Waals surface area contributed by atoms with Crippen LogP contribution in [-0.4, -0.2) is 19.6 Å². The molecule has 1 amide bonds. The highest BCUT2D eigenvalue weighted by Crippen LogP contribution is 2.30. The number of methoxy groups -OCH3 is 1. The smallest absolute Gasteiger partial charge is 0.387 e. The first-order chi connectivity index (χ1) is 14.9. The molecule has 0 fully saturated rings. The number of hydrogen-bond acceptors (Lipinski definition) is 4. The average molecular weight is 435 g/mol. The minimum Gasteiger partial charge on any atom is -0.493 e. The van der Waals surface area contributed by atoms with Gasteiger partial charge < -0.3 is 19.5 Å². The molecule has 0 saturated carbocycles. The second-order valence-electron chi connectivity index (χ2n) is 6.26. The molecule has 0 atom stereocenters. The van der Waals surface area contributed by atoms with Crippen LogP contribution in [0.3, 0.4) is 0 Å². The van der Waals surface area contributed by atoms with Crippen LogP contribution in [0.1, 0.15) is 15.9 Å². The fourth-order valence-corrected chi connectivity index (χ4v) is 2.69. The third-order valence-corrected chi connectivity index (χ3v) is 4.11. The topological polar surface area (TPSA) is 56.8 Å². The lowest BCUT2D eigenvalue weighted by Crippen LogP contribution is -2.13. The molecule has 0 aliphatic heterocycles. The molecule has 0 heterocycles. The largest absolute Gasteiger partial charge is 0.493 e. The van der Waals surface area contributed by atoms with Gasteiger partial charge in [-0.2, -0.15) is 8.78 Å². The first-order valence-corrected chi connectivity index (χ1v) is 8.96. The van der Waals surface area contributed by atoms with Crippen LogP contribution in [-0.2, 0) is 6.61 Å². The van der Waals surface area contributed by atoms with E-state index < -0.39 is 24.2 Å². The van der Waals surface area contributed by atoms with Crippen molar-refractivity contribution < 1.29 is 36.6 Å². The van der Waals surface area contributed by atoms with Crippen LogP contribution in [0.2, 0.25) is 0 Å². The van der Waals surface area contributed by atoms with Gasteiger partial charge in [0.2, 0.25) is 0 Å². The normalized spacial score (nSPS) is 10.6. The fraction of sp³-hybridized carbons (Fsp3) is 0.136. The van der Waals surface area contributed by atoms with Gasteiger partial charge in [-0.15, -0.1) is 0 Å². The third kappa shape index (κ3) is 5.88. The maximum absolute atomic E-state index is 14.3. The Morgan fingerprint density at radius 1 is 0.968 bits per heavy atom. The van der Waals surface area contributed by atoms with Crippen molar-refractivity contribution in [2.45, 2.75) is 13.2 Å². The highest BCUT2D eigenvalue weighted by molar-refractivity contribution is 6.04. The van der Waals surface area contributed by atoms with Crippen molar-refractivity contribution in [1.82, 2.24) is 0 Å². The molecule has 31 heavy (non-hydrogen) atoms. The van der Waals surface area contributed by atoms with Gasteiger partial charge in [0, 0.05) is 17.3 Å². The van der Waals surface area contributed by atoms with Crippen LogP contribution < -0.4 is 19.5 Å². The summed E-state index contributed by atoms with van der Waals surface area (Å²) in [6.07, 6.45) is 0. The zero-order valence-corrected chi connectivity index (χ0v) is 16.2. The molecule has 162 valence electrons. The summed E-state index contributed by atoms with van der Waals surface area (Å²) in [5.74, 6) is -2.21. The number of carbonyl (C=O) groups excluding carboxylic acids is 1. The van der Waals surface area contributed by atoms with Gasteiger partial charge in [-0.1, -0.05) is 12.1 Å². The van der Waals surface area contributed by atoms with Gasteiger partial charge in [0.05, 0.1) is 7.11 Å². The second kappa shape index (κ2) is 9.84. The minimum atomic E-state index is -3.10. The maximum Gasteiger partial charge on any atom is 0.387 e. The van der Waals surface area contributed by atoms with E-state index >= 15 is 0 Å². The number of carbonyl (C=O) groups is 1. The Kier molecular flexibility index (Phi) is 6.96. The monoisotopic (exact) mass is 435 g/mol. The predicted octanol–water partition coefficient (Wildman–Crippen LogP) is 5.41. The molecule has 5 nitrogen and oxygen atoms in total. The molecule has 3 aromatic rings. The number of alkyl halides is 2. The quantitative estimate of drug-likeness (QED) is 0.481. The molecule has 0 bridgehead atoms. The Balaban J connectivity index is 1.68. The Morgan fingerprint density at radius 2 is 1.74 bits per heavy atom.